The zero-order valence-electron chi connectivity index (χ0n) is 9.43. The molecule has 0 spiro atoms. The molecule has 1 aromatic heterocycles. The maximum Gasteiger partial charge on any atom is 0.338 e. The summed E-state index contributed by atoms with van der Waals surface area (Å²) in [6.07, 6.45) is 6.99. The van der Waals surface area contributed by atoms with Crippen LogP contribution in [0.3, 0.4) is 0 Å². The molecule has 0 bridgehead atoms. The summed E-state index contributed by atoms with van der Waals surface area (Å²) in [5.41, 5.74) is 0.0960. The molecule has 1 fully saturated rings. The third-order valence-electron chi connectivity index (χ3n) is 2.91. The van der Waals surface area contributed by atoms with Crippen molar-refractivity contribution in [2.45, 2.75) is 38.3 Å². The normalized spacial score (nSPS) is 16.0. The predicted octanol–water partition coefficient (Wildman–Crippen LogP) is 0.640. The van der Waals surface area contributed by atoms with Crippen molar-refractivity contribution in [1.29, 1.82) is 0 Å². The molecule has 2 N–H and O–H groups in total. The van der Waals surface area contributed by atoms with E-state index in [1.807, 2.05) is 0 Å². The first kappa shape index (κ1) is 11.6. The van der Waals surface area contributed by atoms with Crippen LogP contribution in [0.25, 0.3) is 0 Å². The van der Waals surface area contributed by atoms with Crippen molar-refractivity contribution in [3.8, 4) is 0 Å². The molecule has 6 heteroatoms. The Bertz CT molecular complexity index is 421. The highest BCUT2D eigenvalue weighted by Gasteiger charge is 2.17. The largest absolute Gasteiger partial charge is 0.478 e. The van der Waals surface area contributed by atoms with E-state index in [4.69, 9.17) is 5.11 Å². The highest BCUT2D eigenvalue weighted by atomic mass is 16.4. The number of carboxylic acids is 1. The summed E-state index contributed by atoms with van der Waals surface area (Å²) >= 11 is 0. The van der Waals surface area contributed by atoms with E-state index in [0.29, 0.717) is 0 Å². The molecule has 6 nitrogen and oxygen atoms in total. The van der Waals surface area contributed by atoms with E-state index in [1.165, 1.54) is 17.1 Å². The topological polar surface area (TPSA) is 84.2 Å². The zero-order valence-corrected chi connectivity index (χ0v) is 9.43. The fraction of sp³-hybridized carbons (Fsp3) is 0.545. The van der Waals surface area contributed by atoms with Gasteiger partial charge in [0.25, 0.3) is 0 Å². The molecule has 17 heavy (non-hydrogen) atoms. The van der Waals surface area contributed by atoms with Gasteiger partial charge in [0.15, 0.2) is 0 Å². The highest BCUT2D eigenvalue weighted by molar-refractivity contribution is 5.87. The molecule has 0 aliphatic heterocycles. The third-order valence-corrected chi connectivity index (χ3v) is 2.91. The molecule has 1 saturated carbocycles. The number of carbonyl (C=O) groups is 2. The summed E-state index contributed by atoms with van der Waals surface area (Å²) in [4.78, 5) is 22.3. The second kappa shape index (κ2) is 4.99. The molecular formula is C11H15N3O3. The maximum absolute atomic E-state index is 11.6. The number of nitrogens with zero attached hydrogens (tertiary/aromatic N) is 2. The van der Waals surface area contributed by atoms with E-state index in [1.54, 1.807) is 0 Å². The van der Waals surface area contributed by atoms with Crippen LogP contribution in [0.5, 0.6) is 0 Å². The smallest absolute Gasteiger partial charge is 0.338 e. The van der Waals surface area contributed by atoms with E-state index in [0.717, 1.165) is 25.7 Å². The van der Waals surface area contributed by atoms with E-state index in [-0.39, 0.29) is 24.1 Å². The van der Waals surface area contributed by atoms with E-state index >= 15 is 0 Å². The third kappa shape index (κ3) is 3.05. The van der Waals surface area contributed by atoms with Gasteiger partial charge in [-0.1, -0.05) is 12.8 Å². The number of amides is 1. The SMILES string of the molecule is O=C(Cn1cc(C(=O)O)cn1)NC1CCCC1. The molecule has 1 heterocycles. The van der Waals surface area contributed by atoms with Gasteiger partial charge < -0.3 is 10.4 Å². The van der Waals surface area contributed by atoms with Crippen LogP contribution in [0.15, 0.2) is 12.4 Å². The molecule has 0 saturated heterocycles. The first-order valence-electron chi connectivity index (χ1n) is 5.70. The Morgan fingerprint density at radius 3 is 2.76 bits per heavy atom. The first-order valence-corrected chi connectivity index (χ1v) is 5.70. The van der Waals surface area contributed by atoms with E-state index in [2.05, 4.69) is 10.4 Å². The number of carbonyl (C=O) groups excluding carboxylic acids is 1. The van der Waals surface area contributed by atoms with Gasteiger partial charge in [-0.15, -0.1) is 0 Å². The van der Waals surface area contributed by atoms with Crippen LogP contribution < -0.4 is 5.32 Å². The Morgan fingerprint density at radius 1 is 1.47 bits per heavy atom. The second-order valence-corrected chi connectivity index (χ2v) is 4.28. The number of nitrogens with one attached hydrogen (secondary N) is 1. The van der Waals surface area contributed by atoms with Gasteiger partial charge in [-0.05, 0) is 12.8 Å². The van der Waals surface area contributed by atoms with Crippen LogP contribution in [-0.2, 0) is 11.3 Å². The fourth-order valence-electron chi connectivity index (χ4n) is 2.05. The number of rotatable bonds is 4. The summed E-state index contributed by atoms with van der Waals surface area (Å²) in [7, 11) is 0. The van der Waals surface area contributed by atoms with Gasteiger partial charge >= 0.3 is 5.97 Å². The Labute approximate surface area is 98.6 Å². The molecule has 1 aliphatic rings. The van der Waals surface area contributed by atoms with Crippen molar-refractivity contribution in [2.75, 3.05) is 0 Å². The molecule has 1 aliphatic carbocycles. The summed E-state index contributed by atoms with van der Waals surface area (Å²) in [6.45, 7) is 0.0732. The lowest BCUT2D eigenvalue weighted by atomic mass is 10.2. The van der Waals surface area contributed by atoms with Gasteiger partial charge in [-0.25, -0.2) is 4.79 Å². The van der Waals surface area contributed by atoms with Gasteiger partial charge in [-0.3, -0.25) is 9.48 Å². The van der Waals surface area contributed by atoms with Gasteiger partial charge in [0.2, 0.25) is 5.91 Å². The van der Waals surface area contributed by atoms with Crippen LogP contribution in [-0.4, -0.2) is 32.8 Å². The quantitative estimate of drug-likeness (QED) is 0.804. The maximum atomic E-state index is 11.6. The summed E-state index contributed by atoms with van der Waals surface area (Å²) in [5, 5.41) is 15.5. The molecular weight excluding hydrogens is 222 g/mol. The van der Waals surface area contributed by atoms with Crippen molar-refractivity contribution in [1.82, 2.24) is 15.1 Å². The molecule has 0 aromatic carbocycles. The van der Waals surface area contributed by atoms with E-state index < -0.39 is 5.97 Å². The van der Waals surface area contributed by atoms with Gasteiger partial charge in [0.1, 0.15) is 6.54 Å². The summed E-state index contributed by atoms with van der Waals surface area (Å²) in [5.74, 6) is -1.15. The minimum Gasteiger partial charge on any atom is -0.478 e. The lowest BCUT2D eigenvalue weighted by Gasteiger charge is -2.11. The van der Waals surface area contributed by atoms with Crippen molar-refractivity contribution in [3.63, 3.8) is 0 Å². The minimum absolute atomic E-state index is 0.0732. The standard InChI is InChI=1S/C11H15N3O3/c15-10(13-9-3-1-2-4-9)7-14-6-8(5-12-14)11(16)17/h5-6,9H,1-4,7H2,(H,13,15)(H,16,17). The van der Waals surface area contributed by atoms with Crippen LogP contribution >= 0.6 is 0 Å². The van der Waals surface area contributed by atoms with Crippen LogP contribution in [0.1, 0.15) is 36.0 Å². The summed E-state index contributed by atoms with van der Waals surface area (Å²) < 4.78 is 1.34. The van der Waals surface area contributed by atoms with Crippen molar-refractivity contribution in [2.24, 2.45) is 0 Å². The zero-order chi connectivity index (χ0) is 12.3. The minimum atomic E-state index is -1.03. The lowest BCUT2D eigenvalue weighted by Crippen LogP contribution is -2.35. The average Bonchev–Trinajstić information content (AvgIpc) is 2.88. The number of carboxylic acid groups (broad SMARTS) is 1. The van der Waals surface area contributed by atoms with Crippen molar-refractivity contribution >= 4 is 11.9 Å². The number of hydrogen-bond donors (Lipinski definition) is 2. The Balaban J connectivity index is 1.86. The van der Waals surface area contributed by atoms with Crippen molar-refractivity contribution < 1.29 is 14.7 Å². The Morgan fingerprint density at radius 2 is 2.18 bits per heavy atom. The monoisotopic (exact) mass is 237 g/mol. The highest BCUT2D eigenvalue weighted by Crippen LogP contribution is 2.17. The van der Waals surface area contributed by atoms with Crippen LogP contribution in [0.4, 0.5) is 0 Å². The predicted molar refractivity (Wildman–Crippen MR) is 59.6 cm³/mol. The molecule has 92 valence electrons. The Kier molecular flexibility index (Phi) is 3.41. The van der Waals surface area contributed by atoms with Crippen molar-refractivity contribution in [3.05, 3.63) is 18.0 Å². The number of aromatic carboxylic acids is 1. The molecule has 1 amide bonds. The molecule has 1 aromatic rings. The fourth-order valence-corrected chi connectivity index (χ4v) is 2.05. The van der Waals surface area contributed by atoms with Gasteiger partial charge in [0.05, 0.1) is 11.8 Å². The van der Waals surface area contributed by atoms with Crippen LogP contribution in [0, 0.1) is 0 Å². The van der Waals surface area contributed by atoms with E-state index in [9.17, 15) is 9.59 Å². The first-order chi connectivity index (χ1) is 8.15. The summed E-state index contributed by atoms with van der Waals surface area (Å²) in [6, 6.07) is 0.275. The Hall–Kier alpha value is -1.85. The van der Waals surface area contributed by atoms with Gasteiger partial charge in [0, 0.05) is 12.2 Å². The number of hydrogen-bond acceptors (Lipinski definition) is 3. The molecule has 0 radical (unpaired) electrons. The molecule has 2 rings (SSSR count). The van der Waals surface area contributed by atoms with Crippen LogP contribution in [0.2, 0.25) is 0 Å². The number of aromatic nitrogens is 2. The lowest BCUT2D eigenvalue weighted by molar-refractivity contribution is -0.122. The average molecular weight is 237 g/mol. The molecule has 0 atom stereocenters. The second-order valence-electron chi connectivity index (χ2n) is 4.28. The van der Waals surface area contributed by atoms with Gasteiger partial charge in [-0.2, -0.15) is 5.10 Å². The molecule has 0 unspecified atom stereocenters.